The maximum absolute atomic E-state index is 11.9. The fourth-order valence-electron chi connectivity index (χ4n) is 1.16. The zero-order valence-corrected chi connectivity index (χ0v) is 8.52. The molecule has 0 aromatic carbocycles. The molecule has 0 aliphatic heterocycles. The molecule has 2 nitrogen and oxygen atoms in total. The Hall–Kier alpha value is -0.810. The Bertz CT molecular complexity index is 327. The van der Waals surface area contributed by atoms with Crippen LogP contribution in [0.3, 0.4) is 0 Å². The first-order chi connectivity index (χ1) is 6.90. The van der Waals surface area contributed by atoms with Gasteiger partial charge in [0.1, 0.15) is 0 Å². The Labute approximate surface area is 90.3 Å². The molecule has 0 aliphatic rings. The molecule has 84 valence electrons. The van der Waals surface area contributed by atoms with Crippen molar-refractivity contribution < 1.29 is 13.2 Å². The van der Waals surface area contributed by atoms with Crippen LogP contribution >= 0.6 is 11.6 Å². The monoisotopic (exact) mass is 238 g/mol. The molecule has 0 bridgehead atoms. The predicted molar refractivity (Wildman–Crippen MR) is 51.5 cm³/mol. The molecule has 0 fully saturated rings. The van der Waals surface area contributed by atoms with E-state index in [0.29, 0.717) is 10.6 Å². The second kappa shape index (κ2) is 4.81. The van der Waals surface area contributed by atoms with Gasteiger partial charge in [-0.05, 0) is 18.1 Å². The molecular weight excluding hydrogens is 229 g/mol. The summed E-state index contributed by atoms with van der Waals surface area (Å²) >= 11 is 5.75. The lowest BCUT2D eigenvalue weighted by Crippen LogP contribution is -2.16. The number of rotatable bonds is 3. The van der Waals surface area contributed by atoms with Crippen molar-refractivity contribution in [2.75, 3.05) is 0 Å². The van der Waals surface area contributed by atoms with Crippen LogP contribution in [0.15, 0.2) is 18.5 Å². The SMILES string of the molecule is NC(CCC(F)(F)F)c1ccncc1Cl. The van der Waals surface area contributed by atoms with Gasteiger partial charge in [-0.3, -0.25) is 4.98 Å². The molecule has 0 amide bonds. The van der Waals surface area contributed by atoms with E-state index in [0.717, 1.165) is 0 Å². The minimum Gasteiger partial charge on any atom is -0.324 e. The maximum Gasteiger partial charge on any atom is 0.389 e. The summed E-state index contributed by atoms with van der Waals surface area (Å²) in [7, 11) is 0. The topological polar surface area (TPSA) is 38.9 Å². The average Bonchev–Trinajstić information content (AvgIpc) is 2.14. The molecule has 1 aromatic rings. The van der Waals surface area contributed by atoms with E-state index < -0.39 is 18.6 Å². The molecule has 6 heteroatoms. The molecule has 1 heterocycles. The standard InChI is InChI=1S/C9H10ClF3N2/c10-7-5-15-4-2-6(7)8(14)1-3-9(11,12)13/h2,4-5,8H,1,3,14H2. The summed E-state index contributed by atoms with van der Waals surface area (Å²) in [4.78, 5) is 3.73. The molecule has 0 saturated heterocycles. The van der Waals surface area contributed by atoms with E-state index in [1.807, 2.05) is 0 Å². The summed E-state index contributed by atoms with van der Waals surface area (Å²) in [5.41, 5.74) is 6.09. The number of hydrogen-bond donors (Lipinski definition) is 1. The number of alkyl halides is 3. The van der Waals surface area contributed by atoms with Gasteiger partial charge in [0.15, 0.2) is 0 Å². The van der Waals surface area contributed by atoms with Gasteiger partial charge in [0.25, 0.3) is 0 Å². The van der Waals surface area contributed by atoms with E-state index in [1.54, 1.807) is 0 Å². The van der Waals surface area contributed by atoms with Gasteiger partial charge in [-0.25, -0.2) is 0 Å². The van der Waals surface area contributed by atoms with Crippen molar-refractivity contribution in [2.45, 2.75) is 25.1 Å². The molecule has 0 radical (unpaired) electrons. The number of halogens is 4. The molecule has 0 aliphatic carbocycles. The Balaban J connectivity index is 2.62. The second-order valence-electron chi connectivity index (χ2n) is 3.16. The minimum absolute atomic E-state index is 0.173. The first kappa shape index (κ1) is 12.3. The second-order valence-corrected chi connectivity index (χ2v) is 3.56. The van der Waals surface area contributed by atoms with Gasteiger partial charge in [-0.15, -0.1) is 0 Å². The van der Waals surface area contributed by atoms with Crippen molar-refractivity contribution in [1.29, 1.82) is 0 Å². The third kappa shape index (κ3) is 4.05. The van der Waals surface area contributed by atoms with Gasteiger partial charge in [-0.2, -0.15) is 13.2 Å². The minimum atomic E-state index is -4.18. The summed E-state index contributed by atoms with van der Waals surface area (Å²) in [6.45, 7) is 0. The maximum atomic E-state index is 11.9. The summed E-state index contributed by atoms with van der Waals surface area (Å²) < 4.78 is 35.8. The zero-order valence-electron chi connectivity index (χ0n) is 7.76. The van der Waals surface area contributed by atoms with E-state index in [-0.39, 0.29) is 6.42 Å². The molecule has 2 N–H and O–H groups in total. The van der Waals surface area contributed by atoms with Gasteiger partial charge in [-0.1, -0.05) is 11.6 Å². The summed E-state index contributed by atoms with van der Waals surface area (Å²) in [6, 6.07) is 0.825. The zero-order chi connectivity index (χ0) is 11.5. The average molecular weight is 239 g/mol. The van der Waals surface area contributed by atoms with E-state index in [2.05, 4.69) is 4.98 Å². The van der Waals surface area contributed by atoms with Crippen LogP contribution < -0.4 is 5.73 Å². The lowest BCUT2D eigenvalue weighted by molar-refractivity contribution is -0.136. The van der Waals surface area contributed by atoms with Gasteiger partial charge in [0, 0.05) is 24.9 Å². The fourth-order valence-corrected chi connectivity index (χ4v) is 1.42. The van der Waals surface area contributed by atoms with Crippen LogP contribution in [0.25, 0.3) is 0 Å². The Morgan fingerprint density at radius 2 is 2.13 bits per heavy atom. The van der Waals surface area contributed by atoms with E-state index in [9.17, 15) is 13.2 Å². The summed E-state index contributed by atoms with van der Waals surface area (Å²) in [5, 5.41) is 0.298. The normalized spacial score (nSPS) is 13.9. The van der Waals surface area contributed by atoms with Crippen LogP contribution in [0.5, 0.6) is 0 Å². The van der Waals surface area contributed by atoms with Crippen LogP contribution in [0.2, 0.25) is 5.02 Å². The highest BCUT2D eigenvalue weighted by Gasteiger charge is 2.28. The number of aromatic nitrogens is 1. The van der Waals surface area contributed by atoms with Gasteiger partial charge >= 0.3 is 6.18 Å². The fraction of sp³-hybridized carbons (Fsp3) is 0.444. The van der Waals surface area contributed by atoms with Crippen molar-refractivity contribution in [3.8, 4) is 0 Å². The molecular formula is C9H10ClF3N2. The van der Waals surface area contributed by atoms with Crippen LogP contribution in [-0.2, 0) is 0 Å². The van der Waals surface area contributed by atoms with E-state index >= 15 is 0 Å². The predicted octanol–water partition coefficient (Wildman–Crippen LogP) is 3.08. The van der Waals surface area contributed by atoms with Gasteiger partial charge in [0.05, 0.1) is 5.02 Å². The smallest absolute Gasteiger partial charge is 0.324 e. The van der Waals surface area contributed by atoms with Crippen LogP contribution in [0, 0.1) is 0 Å². The molecule has 1 rings (SSSR count). The highest BCUT2D eigenvalue weighted by Crippen LogP contribution is 2.28. The number of nitrogens with zero attached hydrogens (tertiary/aromatic N) is 1. The highest BCUT2D eigenvalue weighted by atomic mass is 35.5. The van der Waals surface area contributed by atoms with Crippen molar-refractivity contribution in [3.63, 3.8) is 0 Å². The molecule has 1 unspecified atom stereocenters. The first-order valence-corrected chi connectivity index (χ1v) is 4.69. The van der Waals surface area contributed by atoms with Crippen molar-refractivity contribution in [1.82, 2.24) is 4.98 Å². The van der Waals surface area contributed by atoms with Crippen molar-refractivity contribution >= 4 is 11.6 Å². The van der Waals surface area contributed by atoms with Crippen molar-refractivity contribution in [2.24, 2.45) is 5.73 Å². The van der Waals surface area contributed by atoms with Crippen molar-refractivity contribution in [3.05, 3.63) is 29.0 Å². The van der Waals surface area contributed by atoms with Crippen LogP contribution in [-0.4, -0.2) is 11.2 Å². The number of pyridine rings is 1. The summed E-state index contributed by atoms with van der Waals surface area (Å²) in [5.74, 6) is 0. The van der Waals surface area contributed by atoms with E-state index in [4.69, 9.17) is 17.3 Å². The third-order valence-electron chi connectivity index (χ3n) is 1.94. The molecule has 1 aromatic heterocycles. The number of hydrogen-bond acceptors (Lipinski definition) is 2. The molecule has 15 heavy (non-hydrogen) atoms. The van der Waals surface area contributed by atoms with Crippen LogP contribution in [0.1, 0.15) is 24.4 Å². The Kier molecular flexibility index (Phi) is 3.93. The summed E-state index contributed by atoms with van der Waals surface area (Å²) in [6.07, 6.45) is -2.45. The largest absolute Gasteiger partial charge is 0.389 e. The van der Waals surface area contributed by atoms with Gasteiger partial charge < -0.3 is 5.73 Å². The van der Waals surface area contributed by atoms with E-state index in [1.165, 1.54) is 18.5 Å². The molecule has 0 saturated carbocycles. The highest BCUT2D eigenvalue weighted by molar-refractivity contribution is 6.31. The molecule has 1 atom stereocenters. The Morgan fingerprint density at radius 3 is 2.67 bits per heavy atom. The van der Waals surface area contributed by atoms with Crippen LogP contribution in [0.4, 0.5) is 13.2 Å². The third-order valence-corrected chi connectivity index (χ3v) is 2.26. The lowest BCUT2D eigenvalue weighted by atomic mass is 10.0. The Morgan fingerprint density at radius 1 is 1.47 bits per heavy atom. The molecule has 0 spiro atoms. The first-order valence-electron chi connectivity index (χ1n) is 4.32. The lowest BCUT2D eigenvalue weighted by Gasteiger charge is -2.14. The van der Waals surface area contributed by atoms with Gasteiger partial charge in [0.2, 0.25) is 0 Å². The quantitative estimate of drug-likeness (QED) is 0.879. The number of nitrogens with two attached hydrogens (primary N) is 1.